The highest BCUT2D eigenvalue weighted by Crippen LogP contribution is 2.66. The molecule has 0 saturated heterocycles. The smallest absolute Gasteiger partial charge is 0.393 e. The molecule has 198 valence electrons. The zero-order valence-corrected chi connectivity index (χ0v) is 22.6. The minimum Gasteiger partial charge on any atom is -0.393 e. The Balaban J connectivity index is 1.39. The van der Waals surface area contributed by atoms with Crippen LogP contribution in [0.1, 0.15) is 90.7 Å². The fourth-order valence-corrected chi connectivity index (χ4v) is 9.25. The van der Waals surface area contributed by atoms with E-state index in [1.165, 1.54) is 25.0 Å². The summed E-state index contributed by atoms with van der Waals surface area (Å²) in [5.41, 5.74) is 3.36. The van der Waals surface area contributed by atoms with Gasteiger partial charge in [-0.15, -0.1) is 0 Å². The highest BCUT2D eigenvalue weighted by molar-refractivity contribution is 5.42. The number of alkyl halides is 3. The second kappa shape index (κ2) is 8.75. The monoisotopic (exact) mass is 500 g/mol. The molecule has 0 bridgehead atoms. The number of aliphatic hydroxyl groups is 1. The maximum Gasteiger partial charge on any atom is 0.416 e. The Morgan fingerprint density at radius 1 is 1.03 bits per heavy atom. The minimum atomic E-state index is -4.29. The Bertz CT molecular complexity index is 1070. The van der Waals surface area contributed by atoms with Crippen molar-refractivity contribution in [2.75, 3.05) is 0 Å². The van der Waals surface area contributed by atoms with E-state index < -0.39 is 11.7 Å². The molecule has 4 aliphatic rings. The highest BCUT2D eigenvalue weighted by Gasteiger charge is 2.58. The molecular weight excluding hydrogens is 457 g/mol. The molecule has 2 saturated carbocycles. The van der Waals surface area contributed by atoms with Crippen molar-refractivity contribution in [3.63, 3.8) is 0 Å². The van der Waals surface area contributed by atoms with Gasteiger partial charge in [0.25, 0.3) is 0 Å². The number of fused-ring (bicyclic) bond motifs is 4. The van der Waals surface area contributed by atoms with Crippen molar-refractivity contribution < 1.29 is 18.3 Å². The molecule has 2 fully saturated rings. The summed E-state index contributed by atoms with van der Waals surface area (Å²) in [6.45, 7) is 11.7. The second-order valence-electron chi connectivity index (χ2n) is 13.5. The normalized spacial score (nSPS) is 38.4. The standard InChI is InChI=1S/C32H43F3O/c1-20(10-11-21-8-6-7-9-24(21)32(33,34)35)23-13-14-25-22-12-15-27-29(2,3)28(36)17-19-31(27,5)26(22)16-18-30(23,25)4/h6-9,12,15,20,23,26-28,36H,10-11,13-14,16-19H2,1-5H3/t20-,23-,26+,27+,28+,30-,31-/m1/s1. The average Bonchev–Trinajstić information content (AvgIpc) is 3.17. The fraction of sp³-hybridized carbons (Fsp3) is 0.688. The Morgan fingerprint density at radius 2 is 1.75 bits per heavy atom. The number of aryl methyl sites for hydroxylation is 1. The van der Waals surface area contributed by atoms with E-state index in [2.05, 4.69) is 46.8 Å². The van der Waals surface area contributed by atoms with Gasteiger partial charge in [-0.05, 0) is 108 Å². The summed E-state index contributed by atoms with van der Waals surface area (Å²) < 4.78 is 40.5. The van der Waals surface area contributed by atoms with Gasteiger partial charge in [0.05, 0.1) is 11.7 Å². The first kappa shape index (κ1) is 26.1. The molecule has 7 atom stereocenters. The lowest BCUT2D eigenvalue weighted by molar-refractivity contribution is -0.138. The van der Waals surface area contributed by atoms with Crippen molar-refractivity contribution in [2.45, 2.75) is 98.3 Å². The molecule has 1 aromatic carbocycles. The molecule has 0 aromatic heterocycles. The summed E-state index contributed by atoms with van der Waals surface area (Å²) in [6, 6.07) is 6.08. The Morgan fingerprint density at radius 3 is 2.47 bits per heavy atom. The zero-order valence-electron chi connectivity index (χ0n) is 22.6. The van der Waals surface area contributed by atoms with Crippen LogP contribution in [0.3, 0.4) is 0 Å². The first-order valence-corrected chi connectivity index (χ1v) is 14.0. The topological polar surface area (TPSA) is 20.2 Å². The maximum absolute atomic E-state index is 13.5. The summed E-state index contributed by atoms with van der Waals surface area (Å²) in [7, 11) is 0. The third kappa shape index (κ3) is 3.92. The third-order valence-electron chi connectivity index (χ3n) is 11.4. The van der Waals surface area contributed by atoms with Crippen molar-refractivity contribution in [2.24, 2.45) is 39.9 Å². The molecule has 1 aromatic rings. The summed E-state index contributed by atoms with van der Waals surface area (Å²) in [6.07, 6.45) is 8.12. The molecule has 0 radical (unpaired) electrons. The first-order valence-electron chi connectivity index (χ1n) is 14.0. The third-order valence-corrected chi connectivity index (χ3v) is 11.4. The molecule has 0 spiro atoms. The second-order valence-corrected chi connectivity index (χ2v) is 13.5. The van der Waals surface area contributed by atoms with E-state index >= 15 is 0 Å². The molecule has 1 nitrogen and oxygen atoms in total. The van der Waals surface area contributed by atoms with Gasteiger partial charge in [-0.2, -0.15) is 13.2 Å². The van der Waals surface area contributed by atoms with Crippen LogP contribution in [0.5, 0.6) is 0 Å². The highest BCUT2D eigenvalue weighted by atomic mass is 19.4. The van der Waals surface area contributed by atoms with Crippen LogP contribution >= 0.6 is 0 Å². The maximum atomic E-state index is 13.5. The molecule has 0 heterocycles. The van der Waals surface area contributed by atoms with Crippen molar-refractivity contribution in [1.82, 2.24) is 0 Å². The van der Waals surface area contributed by atoms with Crippen LogP contribution in [-0.4, -0.2) is 11.2 Å². The largest absolute Gasteiger partial charge is 0.416 e. The van der Waals surface area contributed by atoms with Crippen LogP contribution in [0.15, 0.2) is 47.6 Å². The zero-order chi connectivity index (χ0) is 26.1. The lowest BCUT2D eigenvalue weighted by Gasteiger charge is -2.59. The van der Waals surface area contributed by atoms with Gasteiger partial charge in [-0.1, -0.05) is 70.5 Å². The van der Waals surface area contributed by atoms with Gasteiger partial charge >= 0.3 is 6.18 Å². The fourth-order valence-electron chi connectivity index (χ4n) is 9.25. The van der Waals surface area contributed by atoms with E-state index in [0.29, 0.717) is 35.7 Å². The molecular formula is C32H43F3O. The predicted molar refractivity (Wildman–Crippen MR) is 139 cm³/mol. The number of hydrogen-bond acceptors (Lipinski definition) is 1. The van der Waals surface area contributed by atoms with Crippen LogP contribution in [0, 0.1) is 39.9 Å². The predicted octanol–water partition coefficient (Wildman–Crippen LogP) is 8.77. The molecule has 1 N–H and O–H groups in total. The van der Waals surface area contributed by atoms with Gasteiger partial charge in [0.15, 0.2) is 0 Å². The van der Waals surface area contributed by atoms with Crippen molar-refractivity contribution >= 4 is 0 Å². The molecule has 4 heteroatoms. The van der Waals surface area contributed by atoms with Crippen LogP contribution < -0.4 is 0 Å². The van der Waals surface area contributed by atoms with E-state index in [-0.39, 0.29) is 22.3 Å². The average molecular weight is 501 g/mol. The van der Waals surface area contributed by atoms with Crippen LogP contribution in [0.2, 0.25) is 0 Å². The molecule has 4 aliphatic carbocycles. The van der Waals surface area contributed by atoms with Crippen LogP contribution in [0.25, 0.3) is 0 Å². The summed E-state index contributed by atoms with van der Waals surface area (Å²) in [5, 5.41) is 10.8. The minimum absolute atomic E-state index is 0.111. The summed E-state index contributed by atoms with van der Waals surface area (Å²) in [4.78, 5) is 0. The van der Waals surface area contributed by atoms with E-state index in [0.717, 1.165) is 32.1 Å². The van der Waals surface area contributed by atoms with Crippen molar-refractivity contribution in [3.8, 4) is 0 Å². The molecule has 36 heavy (non-hydrogen) atoms. The molecule has 0 aliphatic heterocycles. The summed E-state index contributed by atoms with van der Waals surface area (Å²) in [5.74, 6) is 1.83. The van der Waals surface area contributed by atoms with Crippen LogP contribution in [-0.2, 0) is 12.6 Å². The number of halogens is 3. The molecule has 0 amide bonds. The Labute approximate surface area is 215 Å². The van der Waals surface area contributed by atoms with Gasteiger partial charge in [0.1, 0.15) is 0 Å². The number of hydrogen-bond donors (Lipinski definition) is 1. The number of rotatable bonds is 4. The van der Waals surface area contributed by atoms with Gasteiger partial charge < -0.3 is 5.11 Å². The number of benzene rings is 1. The van der Waals surface area contributed by atoms with E-state index in [1.54, 1.807) is 23.3 Å². The lowest BCUT2D eigenvalue weighted by Crippen LogP contribution is -2.54. The van der Waals surface area contributed by atoms with Gasteiger partial charge in [-0.25, -0.2) is 0 Å². The molecule has 0 unspecified atom stereocenters. The van der Waals surface area contributed by atoms with Crippen molar-refractivity contribution in [3.05, 3.63) is 58.7 Å². The van der Waals surface area contributed by atoms with E-state index in [4.69, 9.17) is 0 Å². The molecule has 5 rings (SSSR count). The van der Waals surface area contributed by atoms with E-state index in [9.17, 15) is 18.3 Å². The number of aliphatic hydroxyl groups excluding tert-OH is 1. The SMILES string of the molecule is C[C@H](CCc1ccccc1C(F)(F)F)[C@H]1CCC2=C3C=C[C@H]4C(C)(C)[C@@H](O)CC[C@]4(C)[C@H]3CC[C@@]21C. The van der Waals surface area contributed by atoms with Crippen LogP contribution in [0.4, 0.5) is 13.2 Å². The Kier molecular flexibility index (Phi) is 6.34. The quantitative estimate of drug-likeness (QED) is 0.438. The lowest BCUT2D eigenvalue weighted by atomic mass is 9.46. The summed E-state index contributed by atoms with van der Waals surface area (Å²) >= 11 is 0. The van der Waals surface area contributed by atoms with Crippen molar-refractivity contribution in [1.29, 1.82) is 0 Å². The van der Waals surface area contributed by atoms with Gasteiger partial charge in [-0.3, -0.25) is 0 Å². The van der Waals surface area contributed by atoms with Gasteiger partial charge in [0.2, 0.25) is 0 Å². The number of allylic oxidation sites excluding steroid dienone is 4. The van der Waals surface area contributed by atoms with E-state index in [1.807, 2.05) is 0 Å². The Hall–Kier alpha value is -1.55. The van der Waals surface area contributed by atoms with Gasteiger partial charge in [0, 0.05) is 0 Å². The first-order chi connectivity index (χ1) is 16.8.